The maximum atomic E-state index is 12.3. The van der Waals surface area contributed by atoms with Gasteiger partial charge in [-0.25, -0.2) is 4.79 Å². The van der Waals surface area contributed by atoms with Crippen LogP contribution in [0.25, 0.3) is 0 Å². The van der Waals surface area contributed by atoms with Crippen LogP contribution in [-0.4, -0.2) is 37.4 Å². The molecule has 1 atom stereocenters. The van der Waals surface area contributed by atoms with Crippen LogP contribution in [0.5, 0.6) is 5.75 Å². The molecule has 1 N–H and O–H groups in total. The van der Waals surface area contributed by atoms with E-state index < -0.39 is 12.1 Å². The lowest BCUT2D eigenvalue weighted by Gasteiger charge is -2.18. The van der Waals surface area contributed by atoms with Crippen LogP contribution in [0.15, 0.2) is 23.1 Å². The summed E-state index contributed by atoms with van der Waals surface area (Å²) in [4.78, 5) is 25.4. The van der Waals surface area contributed by atoms with Gasteiger partial charge in [-0.3, -0.25) is 4.79 Å². The van der Waals surface area contributed by atoms with Crippen molar-refractivity contribution < 1.29 is 19.1 Å². The molecule has 1 amide bonds. The molecular formula is C17H23NO4S. The Morgan fingerprint density at radius 1 is 1.30 bits per heavy atom. The molecule has 6 heteroatoms. The lowest BCUT2D eigenvalue weighted by atomic mass is 10.2. The number of thioether (sulfide) groups is 1. The number of benzene rings is 1. The van der Waals surface area contributed by atoms with E-state index in [1.165, 1.54) is 7.11 Å². The number of methoxy groups -OCH3 is 1. The van der Waals surface area contributed by atoms with Gasteiger partial charge in [-0.1, -0.05) is 12.8 Å². The number of hydrogen-bond acceptors (Lipinski definition) is 5. The van der Waals surface area contributed by atoms with E-state index >= 15 is 0 Å². The van der Waals surface area contributed by atoms with Crippen molar-refractivity contribution in [2.24, 2.45) is 0 Å². The molecule has 0 saturated heterocycles. The lowest BCUT2D eigenvalue weighted by molar-refractivity contribution is -0.129. The van der Waals surface area contributed by atoms with Gasteiger partial charge in [0.25, 0.3) is 5.91 Å². The molecule has 1 aromatic carbocycles. The fourth-order valence-corrected chi connectivity index (χ4v) is 3.06. The Kier molecular flexibility index (Phi) is 6.33. The second-order valence-electron chi connectivity index (χ2n) is 5.60. The van der Waals surface area contributed by atoms with E-state index in [0.717, 1.165) is 30.6 Å². The molecule has 23 heavy (non-hydrogen) atoms. The van der Waals surface area contributed by atoms with Gasteiger partial charge in [-0.05, 0) is 44.2 Å². The predicted molar refractivity (Wildman–Crippen MR) is 90.1 cm³/mol. The molecule has 0 aliphatic heterocycles. The zero-order chi connectivity index (χ0) is 16.8. The number of amides is 1. The molecule has 0 aromatic heterocycles. The average molecular weight is 337 g/mol. The second kappa shape index (κ2) is 8.24. The summed E-state index contributed by atoms with van der Waals surface area (Å²) in [6, 6.07) is 5.48. The molecule has 2 rings (SSSR count). The molecule has 1 fully saturated rings. The van der Waals surface area contributed by atoms with Gasteiger partial charge in [0.05, 0.1) is 7.11 Å². The minimum absolute atomic E-state index is 0.207. The highest BCUT2D eigenvalue weighted by atomic mass is 32.2. The third-order valence-corrected chi connectivity index (χ3v) is 4.71. The van der Waals surface area contributed by atoms with Crippen LogP contribution in [0.4, 0.5) is 0 Å². The van der Waals surface area contributed by atoms with Gasteiger partial charge in [0, 0.05) is 10.9 Å². The first-order chi connectivity index (χ1) is 11.0. The van der Waals surface area contributed by atoms with Crippen LogP contribution in [0, 0.1) is 0 Å². The number of hydrogen-bond donors (Lipinski definition) is 1. The number of ether oxygens (including phenoxy) is 2. The smallest absolute Gasteiger partial charge is 0.342 e. The first-order valence-corrected chi connectivity index (χ1v) is 9.01. The van der Waals surface area contributed by atoms with Gasteiger partial charge in [0.15, 0.2) is 6.10 Å². The van der Waals surface area contributed by atoms with Gasteiger partial charge in [-0.2, -0.15) is 0 Å². The topological polar surface area (TPSA) is 64.6 Å². The highest BCUT2D eigenvalue weighted by Gasteiger charge is 2.24. The van der Waals surface area contributed by atoms with Crippen LogP contribution in [0.1, 0.15) is 43.0 Å². The van der Waals surface area contributed by atoms with E-state index in [1.54, 1.807) is 30.8 Å². The Hall–Kier alpha value is -1.69. The normalized spacial score (nSPS) is 16.0. The Bertz CT molecular complexity index is 570. The summed E-state index contributed by atoms with van der Waals surface area (Å²) in [6.07, 6.45) is 5.39. The van der Waals surface area contributed by atoms with Crippen molar-refractivity contribution >= 4 is 23.6 Å². The Morgan fingerprint density at radius 3 is 2.61 bits per heavy atom. The Balaban J connectivity index is 1.98. The first-order valence-electron chi connectivity index (χ1n) is 7.78. The summed E-state index contributed by atoms with van der Waals surface area (Å²) < 4.78 is 10.5. The highest BCUT2D eigenvalue weighted by molar-refractivity contribution is 7.98. The molecule has 126 valence electrons. The molecule has 1 aliphatic rings. The number of nitrogens with one attached hydrogen (secondary N) is 1. The third-order valence-electron chi connectivity index (χ3n) is 3.98. The van der Waals surface area contributed by atoms with Crippen molar-refractivity contribution in [1.29, 1.82) is 0 Å². The van der Waals surface area contributed by atoms with E-state index in [2.05, 4.69) is 5.32 Å². The molecule has 0 spiro atoms. The summed E-state index contributed by atoms with van der Waals surface area (Å²) in [5.41, 5.74) is 0.325. The molecule has 1 saturated carbocycles. The molecule has 0 bridgehead atoms. The fraction of sp³-hybridized carbons (Fsp3) is 0.529. The van der Waals surface area contributed by atoms with E-state index in [9.17, 15) is 9.59 Å². The number of carbonyl (C=O) groups is 2. The van der Waals surface area contributed by atoms with Crippen LogP contribution in [0.2, 0.25) is 0 Å². The lowest BCUT2D eigenvalue weighted by Crippen LogP contribution is -2.40. The monoisotopic (exact) mass is 337 g/mol. The molecule has 1 aromatic rings. The minimum Gasteiger partial charge on any atom is -0.496 e. The summed E-state index contributed by atoms with van der Waals surface area (Å²) in [5.74, 6) is -0.348. The Labute approximate surface area is 141 Å². The standard InChI is InChI=1S/C17H23NO4S/c1-11(16(19)18-12-6-4-5-7-12)22-17(20)14-9-8-13(23-3)10-15(14)21-2/h8-12H,4-7H2,1-3H3,(H,18,19)/t11-/m0/s1. The van der Waals surface area contributed by atoms with Crippen LogP contribution in [0.3, 0.4) is 0 Å². The minimum atomic E-state index is -0.826. The zero-order valence-corrected chi connectivity index (χ0v) is 14.6. The van der Waals surface area contributed by atoms with Crippen molar-refractivity contribution in [3.8, 4) is 5.75 Å². The molecule has 1 aliphatic carbocycles. The van der Waals surface area contributed by atoms with Gasteiger partial charge < -0.3 is 14.8 Å². The van der Waals surface area contributed by atoms with Crippen molar-refractivity contribution in [3.63, 3.8) is 0 Å². The highest BCUT2D eigenvalue weighted by Crippen LogP contribution is 2.26. The van der Waals surface area contributed by atoms with Crippen LogP contribution in [-0.2, 0) is 9.53 Å². The number of carbonyl (C=O) groups excluding carboxylic acids is 2. The first kappa shape index (κ1) is 17.7. The third kappa shape index (κ3) is 4.64. The predicted octanol–water partition coefficient (Wildman–Crippen LogP) is 3.02. The van der Waals surface area contributed by atoms with Crippen LogP contribution < -0.4 is 10.1 Å². The summed E-state index contributed by atoms with van der Waals surface area (Å²) in [7, 11) is 1.51. The van der Waals surface area contributed by atoms with Crippen molar-refractivity contribution in [2.75, 3.05) is 13.4 Å². The van der Waals surface area contributed by atoms with E-state index in [4.69, 9.17) is 9.47 Å². The van der Waals surface area contributed by atoms with E-state index in [1.807, 2.05) is 12.3 Å². The summed E-state index contributed by atoms with van der Waals surface area (Å²) >= 11 is 1.56. The largest absolute Gasteiger partial charge is 0.496 e. The van der Waals surface area contributed by atoms with Crippen molar-refractivity contribution in [1.82, 2.24) is 5.32 Å². The number of esters is 1. The van der Waals surface area contributed by atoms with Gasteiger partial charge >= 0.3 is 5.97 Å². The molecule has 5 nitrogen and oxygen atoms in total. The number of rotatable bonds is 6. The van der Waals surface area contributed by atoms with Gasteiger partial charge in [0.1, 0.15) is 11.3 Å². The molecule has 0 unspecified atom stereocenters. The molecule has 0 radical (unpaired) electrons. The van der Waals surface area contributed by atoms with Crippen LogP contribution >= 0.6 is 11.8 Å². The zero-order valence-electron chi connectivity index (χ0n) is 13.8. The maximum absolute atomic E-state index is 12.3. The van der Waals surface area contributed by atoms with Crippen molar-refractivity contribution in [3.05, 3.63) is 23.8 Å². The van der Waals surface area contributed by atoms with Gasteiger partial charge in [-0.15, -0.1) is 11.8 Å². The van der Waals surface area contributed by atoms with Crippen molar-refractivity contribution in [2.45, 2.75) is 49.6 Å². The van der Waals surface area contributed by atoms with E-state index in [-0.39, 0.29) is 11.9 Å². The summed E-state index contributed by atoms with van der Waals surface area (Å²) in [6.45, 7) is 1.59. The molecular weight excluding hydrogens is 314 g/mol. The quantitative estimate of drug-likeness (QED) is 0.638. The van der Waals surface area contributed by atoms with Gasteiger partial charge in [0.2, 0.25) is 0 Å². The second-order valence-corrected chi connectivity index (χ2v) is 6.48. The van der Waals surface area contributed by atoms with E-state index in [0.29, 0.717) is 11.3 Å². The Morgan fingerprint density at radius 2 is 2.00 bits per heavy atom. The molecule has 0 heterocycles. The maximum Gasteiger partial charge on any atom is 0.342 e. The fourth-order valence-electron chi connectivity index (χ4n) is 2.63. The summed E-state index contributed by atoms with van der Waals surface area (Å²) in [5, 5.41) is 2.93. The SMILES string of the molecule is COc1cc(SC)ccc1C(=O)O[C@@H](C)C(=O)NC1CCCC1. The average Bonchev–Trinajstić information content (AvgIpc) is 3.06.